The summed E-state index contributed by atoms with van der Waals surface area (Å²) in [6, 6.07) is 0. The maximum absolute atomic E-state index is 15.0. The molecule has 112 valence electrons. The monoisotopic (exact) mass is 296 g/mol. The molecule has 10 heteroatoms. The van der Waals surface area contributed by atoms with Crippen LogP contribution >= 0.6 is 0 Å². The minimum Gasteiger partial charge on any atom is -0.387 e. The molecule has 5 unspecified atom stereocenters. The van der Waals surface area contributed by atoms with Gasteiger partial charge < -0.3 is 26.4 Å². The SMILES string of the molecule is CC1(F)C(c2cnc3c(N)nc(N)nn23)OC2C(O)C21O. The van der Waals surface area contributed by atoms with Gasteiger partial charge in [-0.1, -0.05) is 0 Å². The molecule has 2 aromatic rings. The summed E-state index contributed by atoms with van der Waals surface area (Å²) in [7, 11) is 0. The quantitative estimate of drug-likeness (QED) is 0.501. The van der Waals surface area contributed by atoms with Crippen LogP contribution in [0.2, 0.25) is 0 Å². The number of anilines is 2. The van der Waals surface area contributed by atoms with Gasteiger partial charge in [-0.2, -0.15) is 4.98 Å². The number of alkyl halides is 1. The molecule has 3 heterocycles. The van der Waals surface area contributed by atoms with Gasteiger partial charge in [-0.3, -0.25) is 0 Å². The average Bonchev–Trinajstić information content (AvgIpc) is 2.73. The normalized spacial score (nSPS) is 41.4. The zero-order chi connectivity index (χ0) is 15.2. The molecule has 0 radical (unpaired) electrons. The Balaban J connectivity index is 1.86. The first-order valence-corrected chi connectivity index (χ1v) is 6.30. The smallest absolute Gasteiger partial charge is 0.240 e. The molecule has 1 saturated heterocycles. The lowest BCUT2D eigenvalue weighted by molar-refractivity contribution is -0.0885. The number of ether oxygens (including phenoxy) is 1. The first kappa shape index (κ1) is 12.7. The zero-order valence-electron chi connectivity index (χ0n) is 10.9. The van der Waals surface area contributed by atoms with E-state index in [4.69, 9.17) is 16.2 Å². The second-order valence-electron chi connectivity index (χ2n) is 5.56. The van der Waals surface area contributed by atoms with Gasteiger partial charge in [0.2, 0.25) is 5.95 Å². The number of fused-ring (bicyclic) bond motifs is 2. The molecular weight excluding hydrogens is 283 g/mol. The van der Waals surface area contributed by atoms with Gasteiger partial charge in [0.15, 0.2) is 22.7 Å². The van der Waals surface area contributed by atoms with Crippen LogP contribution in [0.1, 0.15) is 18.7 Å². The van der Waals surface area contributed by atoms with Crippen LogP contribution in [-0.2, 0) is 4.74 Å². The van der Waals surface area contributed by atoms with Crippen molar-refractivity contribution in [1.29, 1.82) is 0 Å². The Kier molecular flexibility index (Phi) is 2.06. The van der Waals surface area contributed by atoms with Gasteiger partial charge in [0, 0.05) is 0 Å². The molecular formula is C11H13FN6O3. The van der Waals surface area contributed by atoms with Gasteiger partial charge >= 0.3 is 0 Å². The van der Waals surface area contributed by atoms with Crippen molar-refractivity contribution in [2.75, 3.05) is 11.5 Å². The van der Waals surface area contributed by atoms with Gasteiger partial charge in [-0.25, -0.2) is 13.9 Å². The topological polar surface area (TPSA) is 145 Å². The number of halogens is 1. The molecule has 0 amide bonds. The number of nitrogens with two attached hydrogens (primary N) is 2. The number of aromatic nitrogens is 4. The Morgan fingerprint density at radius 2 is 2.19 bits per heavy atom. The van der Waals surface area contributed by atoms with Crippen LogP contribution in [0.25, 0.3) is 5.65 Å². The lowest BCUT2D eigenvalue weighted by Gasteiger charge is -2.28. The predicted octanol–water partition coefficient (Wildman–Crippen LogP) is -1.44. The Hall–Kier alpha value is -2.04. The van der Waals surface area contributed by atoms with E-state index in [-0.39, 0.29) is 23.1 Å². The van der Waals surface area contributed by atoms with Crippen molar-refractivity contribution in [2.24, 2.45) is 0 Å². The Labute approximate surface area is 117 Å². The number of imidazole rings is 1. The van der Waals surface area contributed by atoms with E-state index in [2.05, 4.69) is 15.1 Å². The summed E-state index contributed by atoms with van der Waals surface area (Å²) < 4.78 is 21.6. The molecule has 6 N–H and O–H groups in total. The second kappa shape index (κ2) is 3.40. The molecule has 5 atom stereocenters. The molecule has 2 aromatic heterocycles. The lowest BCUT2D eigenvalue weighted by Crippen LogP contribution is -2.43. The van der Waals surface area contributed by atoms with E-state index >= 15 is 0 Å². The minimum atomic E-state index is -2.21. The first-order valence-electron chi connectivity index (χ1n) is 6.30. The summed E-state index contributed by atoms with van der Waals surface area (Å²) in [4.78, 5) is 7.78. The molecule has 0 spiro atoms. The third kappa shape index (κ3) is 1.27. The van der Waals surface area contributed by atoms with Crippen molar-refractivity contribution < 1.29 is 19.3 Å². The summed E-state index contributed by atoms with van der Waals surface area (Å²) >= 11 is 0. The van der Waals surface area contributed by atoms with Gasteiger partial charge in [0.25, 0.3) is 0 Å². The van der Waals surface area contributed by atoms with Crippen molar-refractivity contribution in [3.05, 3.63) is 11.9 Å². The fourth-order valence-corrected chi connectivity index (χ4v) is 3.02. The highest BCUT2D eigenvalue weighted by atomic mass is 19.1. The Morgan fingerprint density at radius 3 is 2.81 bits per heavy atom. The van der Waals surface area contributed by atoms with Crippen molar-refractivity contribution >= 4 is 17.4 Å². The van der Waals surface area contributed by atoms with Crippen molar-refractivity contribution in [3.8, 4) is 0 Å². The molecule has 4 rings (SSSR count). The summed E-state index contributed by atoms with van der Waals surface area (Å²) in [6.07, 6.45) is -2.03. The zero-order valence-corrected chi connectivity index (χ0v) is 10.9. The summed E-state index contributed by atoms with van der Waals surface area (Å²) in [5.41, 5.74) is 7.53. The molecule has 1 saturated carbocycles. The van der Waals surface area contributed by atoms with Gasteiger partial charge in [-0.05, 0) is 6.92 Å². The first-order chi connectivity index (χ1) is 9.78. The molecule has 21 heavy (non-hydrogen) atoms. The van der Waals surface area contributed by atoms with E-state index in [1.165, 1.54) is 17.6 Å². The van der Waals surface area contributed by atoms with Crippen molar-refractivity contribution in [1.82, 2.24) is 19.6 Å². The van der Waals surface area contributed by atoms with Crippen LogP contribution in [-0.4, -0.2) is 53.3 Å². The minimum absolute atomic E-state index is 0.0521. The number of aliphatic hydroxyl groups excluding tert-OH is 1. The van der Waals surface area contributed by atoms with E-state index in [1.54, 1.807) is 0 Å². The third-order valence-electron chi connectivity index (χ3n) is 4.32. The van der Waals surface area contributed by atoms with Crippen LogP contribution < -0.4 is 11.5 Å². The van der Waals surface area contributed by atoms with Gasteiger partial charge in [-0.15, -0.1) is 5.10 Å². The number of hydrogen-bond acceptors (Lipinski definition) is 8. The number of aliphatic hydroxyl groups is 2. The van der Waals surface area contributed by atoms with E-state index in [9.17, 15) is 14.6 Å². The maximum atomic E-state index is 15.0. The van der Waals surface area contributed by atoms with E-state index in [0.29, 0.717) is 0 Å². The lowest BCUT2D eigenvalue weighted by atomic mass is 9.91. The molecule has 2 aliphatic rings. The average molecular weight is 296 g/mol. The van der Waals surface area contributed by atoms with Crippen molar-refractivity contribution in [3.63, 3.8) is 0 Å². The highest BCUT2D eigenvalue weighted by molar-refractivity contribution is 5.61. The number of hydrogen-bond donors (Lipinski definition) is 4. The number of rotatable bonds is 1. The molecule has 0 aromatic carbocycles. The standard InChI is InChI=1S/C11H13FN6O3/c1-10(12)5(21-6-4(19)11(6,10)20)3-2-15-8-7(13)16-9(14)17-18(3)8/h2,4-6,19-20H,1H3,(H4,13,14,16,17). The largest absolute Gasteiger partial charge is 0.387 e. The molecule has 2 fully saturated rings. The van der Waals surface area contributed by atoms with E-state index in [1.807, 2.05) is 0 Å². The van der Waals surface area contributed by atoms with Gasteiger partial charge in [0.05, 0.1) is 11.9 Å². The number of nitrogens with zero attached hydrogens (tertiary/aromatic N) is 4. The van der Waals surface area contributed by atoms with E-state index in [0.717, 1.165) is 0 Å². The van der Waals surface area contributed by atoms with Crippen LogP contribution in [0.15, 0.2) is 6.20 Å². The van der Waals surface area contributed by atoms with E-state index < -0.39 is 29.6 Å². The van der Waals surface area contributed by atoms with Crippen LogP contribution in [0, 0.1) is 0 Å². The molecule has 0 bridgehead atoms. The third-order valence-corrected chi connectivity index (χ3v) is 4.32. The second-order valence-corrected chi connectivity index (χ2v) is 5.56. The van der Waals surface area contributed by atoms with Gasteiger partial charge in [0.1, 0.15) is 18.3 Å². The highest BCUT2D eigenvalue weighted by Gasteiger charge is 2.83. The van der Waals surface area contributed by atoms with Crippen molar-refractivity contribution in [2.45, 2.75) is 36.5 Å². The number of nitrogen functional groups attached to an aromatic ring is 2. The summed E-state index contributed by atoms with van der Waals surface area (Å²) in [6.45, 7) is 1.17. The summed E-state index contributed by atoms with van der Waals surface area (Å²) in [5, 5.41) is 23.6. The highest BCUT2D eigenvalue weighted by Crippen LogP contribution is 2.62. The van der Waals surface area contributed by atoms with Crippen LogP contribution in [0.5, 0.6) is 0 Å². The fraction of sp³-hybridized carbons (Fsp3) is 0.545. The van der Waals surface area contributed by atoms with Crippen LogP contribution in [0.4, 0.5) is 16.2 Å². The fourth-order valence-electron chi connectivity index (χ4n) is 3.02. The Bertz CT molecular complexity index is 764. The molecule has 9 nitrogen and oxygen atoms in total. The van der Waals surface area contributed by atoms with Crippen LogP contribution in [0.3, 0.4) is 0 Å². The Morgan fingerprint density at radius 1 is 1.48 bits per heavy atom. The molecule has 1 aliphatic heterocycles. The maximum Gasteiger partial charge on any atom is 0.240 e. The summed E-state index contributed by atoms with van der Waals surface area (Å²) in [5.74, 6) is -0.0436. The predicted molar refractivity (Wildman–Crippen MR) is 67.7 cm³/mol. The molecule has 1 aliphatic carbocycles.